The summed E-state index contributed by atoms with van der Waals surface area (Å²) in [7, 11) is 0. The highest BCUT2D eigenvalue weighted by molar-refractivity contribution is 5.81. The third-order valence-electron chi connectivity index (χ3n) is 4.78. The van der Waals surface area contributed by atoms with Crippen molar-refractivity contribution in [2.45, 2.75) is 71.8 Å². The van der Waals surface area contributed by atoms with Crippen LogP contribution >= 0.6 is 0 Å². The Labute approximate surface area is 118 Å². The van der Waals surface area contributed by atoms with Crippen molar-refractivity contribution in [3.05, 3.63) is 0 Å². The Bertz CT molecular complexity index is 263. The second-order valence-electron chi connectivity index (χ2n) is 5.98. The van der Waals surface area contributed by atoms with Crippen LogP contribution in [0.25, 0.3) is 0 Å². The molecule has 1 amide bonds. The predicted octanol–water partition coefficient (Wildman–Crippen LogP) is 3.12. The van der Waals surface area contributed by atoms with E-state index in [4.69, 9.17) is 0 Å². The number of hydrogen-bond donors (Lipinski definition) is 2. The Hall–Kier alpha value is -0.570. The number of rotatable bonds is 9. The Morgan fingerprint density at radius 1 is 1.21 bits per heavy atom. The fraction of sp³-hybridized carbons (Fsp3) is 0.938. The summed E-state index contributed by atoms with van der Waals surface area (Å²) < 4.78 is 0. The van der Waals surface area contributed by atoms with Crippen LogP contribution in [0.2, 0.25) is 0 Å². The molecule has 1 aliphatic heterocycles. The highest BCUT2D eigenvalue weighted by atomic mass is 16.3. The summed E-state index contributed by atoms with van der Waals surface area (Å²) in [6.07, 6.45) is 7.95. The van der Waals surface area contributed by atoms with Gasteiger partial charge in [0.15, 0.2) is 0 Å². The molecule has 1 rings (SSSR count). The van der Waals surface area contributed by atoms with Crippen LogP contribution in [0, 0.1) is 17.8 Å². The summed E-state index contributed by atoms with van der Waals surface area (Å²) in [6, 6.07) is -0.0104. The molecule has 2 N–H and O–H groups in total. The molecule has 0 saturated carbocycles. The third-order valence-corrected chi connectivity index (χ3v) is 4.78. The molecule has 0 aromatic heterocycles. The lowest BCUT2D eigenvalue weighted by Gasteiger charge is -2.24. The Morgan fingerprint density at radius 2 is 1.89 bits per heavy atom. The first-order valence-electron chi connectivity index (χ1n) is 8.09. The van der Waals surface area contributed by atoms with E-state index in [-0.39, 0.29) is 24.5 Å². The van der Waals surface area contributed by atoms with E-state index in [1.54, 1.807) is 0 Å². The lowest BCUT2D eigenvalue weighted by Crippen LogP contribution is -2.32. The van der Waals surface area contributed by atoms with Crippen molar-refractivity contribution in [2.75, 3.05) is 6.61 Å². The molecule has 112 valence electrons. The number of nitrogens with one attached hydrogen (secondary N) is 1. The Morgan fingerprint density at radius 3 is 2.42 bits per heavy atom. The number of carbonyl (C=O) groups excluding carboxylic acids is 1. The number of aliphatic hydroxyl groups is 1. The van der Waals surface area contributed by atoms with Crippen LogP contribution < -0.4 is 5.32 Å². The maximum absolute atomic E-state index is 12.1. The number of carbonyl (C=O) groups is 1. The van der Waals surface area contributed by atoms with E-state index in [1.165, 1.54) is 19.3 Å². The van der Waals surface area contributed by atoms with Crippen molar-refractivity contribution in [2.24, 2.45) is 17.8 Å². The van der Waals surface area contributed by atoms with Gasteiger partial charge in [-0.25, -0.2) is 0 Å². The first-order valence-corrected chi connectivity index (χ1v) is 8.09. The quantitative estimate of drug-likeness (QED) is 0.632. The van der Waals surface area contributed by atoms with Gasteiger partial charge in [-0.05, 0) is 24.7 Å². The van der Waals surface area contributed by atoms with Gasteiger partial charge in [-0.15, -0.1) is 0 Å². The van der Waals surface area contributed by atoms with Crippen molar-refractivity contribution >= 4 is 5.91 Å². The van der Waals surface area contributed by atoms with Crippen LogP contribution in [0.5, 0.6) is 0 Å². The minimum absolute atomic E-state index is 0.0104. The Balaban J connectivity index is 2.64. The van der Waals surface area contributed by atoms with E-state index in [0.29, 0.717) is 11.8 Å². The molecule has 0 radical (unpaired) electrons. The minimum Gasteiger partial charge on any atom is -0.394 e. The average molecular weight is 269 g/mol. The molecule has 19 heavy (non-hydrogen) atoms. The Kier molecular flexibility index (Phi) is 7.44. The van der Waals surface area contributed by atoms with Gasteiger partial charge in [-0.1, -0.05) is 52.9 Å². The standard InChI is InChI=1S/C16H31NO2/c1-4-7-8-9-13-14(10-12(5-2)6-3)16(19)17-15(13)11-18/h12-15,18H,4-11H2,1-3H3,(H,17,19)/t13-,14+,15+/m0/s1. The molecule has 0 spiro atoms. The lowest BCUT2D eigenvalue weighted by molar-refractivity contribution is -0.123. The van der Waals surface area contributed by atoms with Crippen LogP contribution in [0.15, 0.2) is 0 Å². The van der Waals surface area contributed by atoms with Crippen LogP contribution in [0.4, 0.5) is 0 Å². The smallest absolute Gasteiger partial charge is 0.223 e. The molecule has 0 aromatic carbocycles. The molecule has 1 saturated heterocycles. The van der Waals surface area contributed by atoms with Gasteiger partial charge in [0, 0.05) is 5.92 Å². The normalized spacial score (nSPS) is 27.0. The molecule has 1 fully saturated rings. The maximum Gasteiger partial charge on any atom is 0.223 e. The first-order chi connectivity index (χ1) is 9.17. The zero-order chi connectivity index (χ0) is 14.3. The van der Waals surface area contributed by atoms with Crippen LogP contribution in [0.3, 0.4) is 0 Å². The SMILES string of the molecule is CCCCC[C@@H]1[C@@H](CO)NC(=O)[C@@H]1CC(CC)CC. The molecule has 1 heterocycles. The van der Waals surface area contributed by atoms with Gasteiger partial charge in [-0.2, -0.15) is 0 Å². The topological polar surface area (TPSA) is 49.3 Å². The third kappa shape index (κ3) is 4.48. The van der Waals surface area contributed by atoms with E-state index in [2.05, 4.69) is 26.1 Å². The van der Waals surface area contributed by atoms with E-state index < -0.39 is 0 Å². The van der Waals surface area contributed by atoms with Crippen molar-refractivity contribution in [1.29, 1.82) is 0 Å². The van der Waals surface area contributed by atoms with Gasteiger partial charge >= 0.3 is 0 Å². The fourth-order valence-corrected chi connectivity index (χ4v) is 3.35. The van der Waals surface area contributed by atoms with Gasteiger partial charge in [-0.3, -0.25) is 4.79 Å². The summed E-state index contributed by atoms with van der Waals surface area (Å²) >= 11 is 0. The van der Waals surface area contributed by atoms with E-state index in [0.717, 1.165) is 25.7 Å². The van der Waals surface area contributed by atoms with Crippen LogP contribution in [0.1, 0.15) is 65.7 Å². The van der Waals surface area contributed by atoms with Crippen LogP contribution in [-0.4, -0.2) is 23.7 Å². The monoisotopic (exact) mass is 269 g/mol. The summed E-state index contributed by atoms with van der Waals surface area (Å²) in [5.74, 6) is 1.28. The van der Waals surface area contributed by atoms with Crippen molar-refractivity contribution < 1.29 is 9.90 Å². The van der Waals surface area contributed by atoms with Gasteiger partial charge < -0.3 is 10.4 Å². The molecule has 3 heteroatoms. The minimum atomic E-state index is -0.0104. The zero-order valence-corrected chi connectivity index (χ0v) is 12.8. The number of amides is 1. The van der Waals surface area contributed by atoms with E-state index in [9.17, 15) is 9.90 Å². The lowest BCUT2D eigenvalue weighted by atomic mass is 9.79. The van der Waals surface area contributed by atoms with Crippen molar-refractivity contribution in [3.8, 4) is 0 Å². The second kappa shape index (κ2) is 8.57. The fourth-order valence-electron chi connectivity index (χ4n) is 3.35. The highest BCUT2D eigenvalue weighted by Crippen LogP contribution is 2.34. The summed E-state index contributed by atoms with van der Waals surface area (Å²) in [4.78, 5) is 12.1. The average Bonchev–Trinajstić information content (AvgIpc) is 2.72. The van der Waals surface area contributed by atoms with Crippen molar-refractivity contribution in [3.63, 3.8) is 0 Å². The molecular weight excluding hydrogens is 238 g/mol. The summed E-state index contributed by atoms with van der Waals surface area (Å²) in [5.41, 5.74) is 0. The first kappa shape index (κ1) is 16.5. The molecule has 0 unspecified atom stereocenters. The van der Waals surface area contributed by atoms with E-state index in [1.807, 2.05) is 0 Å². The van der Waals surface area contributed by atoms with Gasteiger partial charge in [0.2, 0.25) is 5.91 Å². The van der Waals surface area contributed by atoms with Crippen LogP contribution in [-0.2, 0) is 4.79 Å². The van der Waals surface area contributed by atoms with Gasteiger partial charge in [0.25, 0.3) is 0 Å². The summed E-state index contributed by atoms with van der Waals surface area (Å²) in [6.45, 7) is 6.69. The molecule has 0 aromatic rings. The molecular formula is C16H31NO2. The molecule has 1 aliphatic rings. The molecule has 3 atom stereocenters. The van der Waals surface area contributed by atoms with Crippen molar-refractivity contribution in [1.82, 2.24) is 5.32 Å². The number of aliphatic hydroxyl groups excluding tert-OH is 1. The maximum atomic E-state index is 12.1. The largest absolute Gasteiger partial charge is 0.394 e. The van der Waals surface area contributed by atoms with E-state index >= 15 is 0 Å². The van der Waals surface area contributed by atoms with Gasteiger partial charge in [0.1, 0.15) is 0 Å². The number of hydrogen-bond acceptors (Lipinski definition) is 2. The molecule has 0 aliphatic carbocycles. The second-order valence-corrected chi connectivity index (χ2v) is 5.98. The predicted molar refractivity (Wildman–Crippen MR) is 78.8 cm³/mol. The molecule has 0 bridgehead atoms. The van der Waals surface area contributed by atoms with Gasteiger partial charge in [0.05, 0.1) is 12.6 Å². The summed E-state index contributed by atoms with van der Waals surface area (Å²) in [5, 5.41) is 12.5. The highest BCUT2D eigenvalue weighted by Gasteiger charge is 2.41. The number of unbranched alkanes of at least 4 members (excludes halogenated alkanes) is 2. The zero-order valence-electron chi connectivity index (χ0n) is 12.8. The molecule has 3 nitrogen and oxygen atoms in total.